The molecular formula is C7H6ClIN2O2. The Hall–Kier alpha value is -0.430. The van der Waals surface area contributed by atoms with Crippen molar-refractivity contribution in [3.63, 3.8) is 0 Å². The van der Waals surface area contributed by atoms with E-state index < -0.39 is 5.97 Å². The second kappa shape index (κ2) is 4.71. The van der Waals surface area contributed by atoms with Gasteiger partial charge < -0.3 is 4.74 Å². The van der Waals surface area contributed by atoms with Crippen LogP contribution in [-0.4, -0.2) is 22.5 Å². The standard InChI is InChI=1S/C7H6ClIN2O2/c1-2-13-7(12)5-6(8)10-3-4(9)11-5/h3H,2H2,1H3. The number of hydrogen-bond donors (Lipinski definition) is 0. The van der Waals surface area contributed by atoms with E-state index in [4.69, 9.17) is 16.3 Å². The minimum absolute atomic E-state index is 0.0652. The Labute approximate surface area is 93.8 Å². The number of hydrogen-bond acceptors (Lipinski definition) is 4. The third-order valence-electron chi connectivity index (χ3n) is 1.17. The summed E-state index contributed by atoms with van der Waals surface area (Å²) in [4.78, 5) is 18.9. The summed E-state index contributed by atoms with van der Waals surface area (Å²) in [5.41, 5.74) is 0.0652. The maximum atomic E-state index is 11.2. The second-order valence-electron chi connectivity index (χ2n) is 2.05. The highest BCUT2D eigenvalue weighted by Crippen LogP contribution is 2.12. The molecule has 4 nitrogen and oxygen atoms in total. The normalized spacial score (nSPS) is 9.77. The summed E-state index contributed by atoms with van der Waals surface area (Å²) in [7, 11) is 0. The number of halogens is 2. The third kappa shape index (κ3) is 2.77. The summed E-state index contributed by atoms with van der Waals surface area (Å²) in [6.45, 7) is 2.01. The molecule has 0 unspecified atom stereocenters. The quantitative estimate of drug-likeness (QED) is 0.618. The number of rotatable bonds is 2. The predicted octanol–water partition coefficient (Wildman–Crippen LogP) is 1.91. The number of ether oxygens (including phenoxy) is 1. The van der Waals surface area contributed by atoms with Crippen molar-refractivity contribution in [1.82, 2.24) is 9.97 Å². The fraction of sp³-hybridized carbons (Fsp3) is 0.286. The van der Waals surface area contributed by atoms with E-state index in [1.165, 1.54) is 6.20 Å². The Morgan fingerprint density at radius 2 is 2.46 bits per heavy atom. The molecule has 0 spiro atoms. The average molecular weight is 312 g/mol. The average Bonchev–Trinajstić information content (AvgIpc) is 2.09. The Morgan fingerprint density at radius 3 is 3.08 bits per heavy atom. The summed E-state index contributed by atoms with van der Waals surface area (Å²) in [6, 6.07) is 0. The van der Waals surface area contributed by atoms with Crippen molar-refractivity contribution < 1.29 is 9.53 Å². The first-order chi connectivity index (χ1) is 6.15. The Bertz CT molecular complexity index is 332. The number of nitrogens with zero attached hydrogens (tertiary/aromatic N) is 2. The van der Waals surface area contributed by atoms with E-state index in [1.807, 2.05) is 22.6 Å². The SMILES string of the molecule is CCOC(=O)c1nc(I)cnc1Cl. The molecule has 6 heteroatoms. The highest BCUT2D eigenvalue weighted by molar-refractivity contribution is 14.1. The second-order valence-corrected chi connectivity index (χ2v) is 3.52. The van der Waals surface area contributed by atoms with Gasteiger partial charge in [-0.1, -0.05) is 11.6 Å². The molecular weight excluding hydrogens is 306 g/mol. The van der Waals surface area contributed by atoms with Crippen LogP contribution in [0.1, 0.15) is 17.4 Å². The van der Waals surface area contributed by atoms with E-state index in [0.717, 1.165) is 0 Å². The highest BCUT2D eigenvalue weighted by atomic mass is 127. The van der Waals surface area contributed by atoms with Gasteiger partial charge in [-0.05, 0) is 29.5 Å². The molecule has 0 saturated carbocycles. The minimum Gasteiger partial charge on any atom is -0.461 e. The molecule has 1 rings (SSSR count). The molecule has 0 aliphatic rings. The Kier molecular flexibility index (Phi) is 3.86. The lowest BCUT2D eigenvalue weighted by Gasteiger charge is -2.01. The molecule has 0 N–H and O–H groups in total. The first kappa shape index (κ1) is 10.6. The van der Waals surface area contributed by atoms with E-state index in [-0.39, 0.29) is 10.8 Å². The monoisotopic (exact) mass is 312 g/mol. The van der Waals surface area contributed by atoms with Crippen LogP contribution in [0.3, 0.4) is 0 Å². The first-order valence-corrected chi connectivity index (χ1v) is 4.96. The zero-order valence-electron chi connectivity index (χ0n) is 6.75. The minimum atomic E-state index is -0.543. The van der Waals surface area contributed by atoms with Crippen LogP contribution in [0.25, 0.3) is 0 Å². The van der Waals surface area contributed by atoms with Crippen molar-refractivity contribution >= 4 is 40.2 Å². The van der Waals surface area contributed by atoms with Crippen LogP contribution < -0.4 is 0 Å². The Balaban J connectivity index is 2.99. The maximum Gasteiger partial charge on any atom is 0.360 e. The van der Waals surface area contributed by atoms with Gasteiger partial charge >= 0.3 is 5.97 Å². The van der Waals surface area contributed by atoms with Crippen molar-refractivity contribution in [3.05, 3.63) is 20.7 Å². The van der Waals surface area contributed by atoms with E-state index >= 15 is 0 Å². The molecule has 1 aromatic heterocycles. The van der Waals surface area contributed by atoms with Crippen LogP contribution in [0.5, 0.6) is 0 Å². The van der Waals surface area contributed by atoms with Crippen molar-refractivity contribution in [2.45, 2.75) is 6.92 Å². The lowest BCUT2D eigenvalue weighted by atomic mass is 10.4. The van der Waals surface area contributed by atoms with E-state index in [9.17, 15) is 4.79 Å². The largest absolute Gasteiger partial charge is 0.461 e. The predicted molar refractivity (Wildman–Crippen MR) is 55.7 cm³/mol. The fourth-order valence-corrected chi connectivity index (χ4v) is 1.23. The zero-order chi connectivity index (χ0) is 9.84. The molecule has 13 heavy (non-hydrogen) atoms. The van der Waals surface area contributed by atoms with Crippen LogP contribution in [-0.2, 0) is 4.74 Å². The van der Waals surface area contributed by atoms with Crippen LogP contribution in [0.15, 0.2) is 6.20 Å². The van der Waals surface area contributed by atoms with Gasteiger partial charge in [-0.2, -0.15) is 0 Å². The van der Waals surface area contributed by atoms with Gasteiger partial charge in [0.05, 0.1) is 12.8 Å². The lowest BCUT2D eigenvalue weighted by Crippen LogP contribution is -2.09. The molecule has 1 aromatic rings. The molecule has 0 bridgehead atoms. The van der Waals surface area contributed by atoms with E-state index in [0.29, 0.717) is 10.3 Å². The topological polar surface area (TPSA) is 52.1 Å². The van der Waals surface area contributed by atoms with Crippen LogP contribution in [0, 0.1) is 3.70 Å². The zero-order valence-corrected chi connectivity index (χ0v) is 9.66. The van der Waals surface area contributed by atoms with E-state index in [2.05, 4.69) is 9.97 Å². The molecule has 0 amide bonds. The third-order valence-corrected chi connectivity index (χ3v) is 1.96. The summed E-state index contributed by atoms with van der Waals surface area (Å²) in [5, 5.41) is 0.0684. The molecule has 0 atom stereocenters. The molecule has 1 heterocycles. The molecule has 0 fully saturated rings. The number of carbonyl (C=O) groups excluding carboxylic acids is 1. The van der Waals surface area contributed by atoms with Gasteiger partial charge in [-0.3, -0.25) is 0 Å². The van der Waals surface area contributed by atoms with Crippen LogP contribution in [0.2, 0.25) is 5.15 Å². The van der Waals surface area contributed by atoms with Gasteiger partial charge in [-0.25, -0.2) is 14.8 Å². The molecule has 0 radical (unpaired) electrons. The van der Waals surface area contributed by atoms with Crippen molar-refractivity contribution in [3.8, 4) is 0 Å². The van der Waals surface area contributed by atoms with Gasteiger partial charge in [0, 0.05) is 0 Å². The summed E-state index contributed by atoms with van der Waals surface area (Å²) >= 11 is 7.59. The molecule has 70 valence electrons. The summed E-state index contributed by atoms with van der Waals surface area (Å²) < 4.78 is 5.34. The van der Waals surface area contributed by atoms with Crippen molar-refractivity contribution in [2.75, 3.05) is 6.61 Å². The highest BCUT2D eigenvalue weighted by Gasteiger charge is 2.14. The van der Waals surface area contributed by atoms with Gasteiger partial charge in [0.1, 0.15) is 3.70 Å². The van der Waals surface area contributed by atoms with Gasteiger partial charge in [0.25, 0.3) is 0 Å². The smallest absolute Gasteiger partial charge is 0.360 e. The van der Waals surface area contributed by atoms with Gasteiger partial charge in [0.2, 0.25) is 0 Å². The maximum absolute atomic E-state index is 11.2. The molecule has 0 aliphatic carbocycles. The Morgan fingerprint density at radius 1 is 1.77 bits per heavy atom. The van der Waals surface area contributed by atoms with Gasteiger partial charge in [-0.15, -0.1) is 0 Å². The molecule has 0 saturated heterocycles. The summed E-state index contributed by atoms with van der Waals surface area (Å²) in [5.74, 6) is -0.543. The number of esters is 1. The van der Waals surface area contributed by atoms with Crippen molar-refractivity contribution in [1.29, 1.82) is 0 Å². The lowest BCUT2D eigenvalue weighted by molar-refractivity contribution is 0.0519. The van der Waals surface area contributed by atoms with E-state index in [1.54, 1.807) is 6.92 Å². The van der Waals surface area contributed by atoms with Crippen molar-refractivity contribution in [2.24, 2.45) is 0 Å². The number of carbonyl (C=O) groups is 1. The number of aromatic nitrogens is 2. The molecule has 0 aliphatic heterocycles. The molecule has 0 aromatic carbocycles. The first-order valence-electron chi connectivity index (χ1n) is 3.50. The fourth-order valence-electron chi connectivity index (χ4n) is 0.682. The van der Waals surface area contributed by atoms with Gasteiger partial charge in [0.15, 0.2) is 10.8 Å². The van der Waals surface area contributed by atoms with Crippen LogP contribution in [0.4, 0.5) is 0 Å². The van der Waals surface area contributed by atoms with Crippen LogP contribution >= 0.6 is 34.2 Å². The summed E-state index contributed by atoms with van der Waals surface area (Å²) in [6.07, 6.45) is 1.48.